The Labute approximate surface area is 126 Å². The molecular weight excluding hydrogens is 272 g/mol. The molecule has 2 heterocycles. The van der Waals surface area contributed by atoms with Crippen LogP contribution in [0.1, 0.15) is 36.0 Å². The van der Waals surface area contributed by atoms with Gasteiger partial charge in [0, 0.05) is 18.1 Å². The quantitative estimate of drug-likeness (QED) is 0.898. The van der Waals surface area contributed by atoms with Crippen LogP contribution in [0.3, 0.4) is 0 Å². The molecule has 0 saturated carbocycles. The summed E-state index contributed by atoms with van der Waals surface area (Å²) >= 11 is 0. The minimum Gasteiger partial charge on any atom is -0.351 e. The van der Waals surface area contributed by atoms with Crippen LogP contribution in [0.2, 0.25) is 0 Å². The fourth-order valence-electron chi connectivity index (χ4n) is 3.41. The normalized spacial score (nSPS) is 27.2. The molecule has 4 heteroatoms. The summed E-state index contributed by atoms with van der Waals surface area (Å²) in [6.45, 7) is 4.14. The third kappa shape index (κ3) is 3.15. The first-order valence-corrected chi connectivity index (χ1v) is 7.23. The number of nitrogens with one attached hydrogen (secondary N) is 2. The van der Waals surface area contributed by atoms with Crippen molar-refractivity contribution in [2.75, 3.05) is 0 Å². The Morgan fingerprint density at radius 1 is 1.35 bits per heavy atom. The first-order valence-electron chi connectivity index (χ1n) is 7.23. The second kappa shape index (κ2) is 6.15. The summed E-state index contributed by atoms with van der Waals surface area (Å²) in [5.74, 6) is 0.160. The van der Waals surface area contributed by atoms with E-state index in [1.165, 1.54) is 24.0 Å². The second-order valence-electron chi connectivity index (χ2n) is 6.06. The summed E-state index contributed by atoms with van der Waals surface area (Å²) in [6, 6.07) is 7.79. The van der Waals surface area contributed by atoms with Gasteiger partial charge < -0.3 is 10.6 Å². The number of hydrogen-bond donors (Lipinski definition) is 2. The van der Waals surface area contributed by atoms with Crippen LogP contribution in [0, 0.1) is 13.8 Å². The van der Waals surface area contributed by atoms with Crippen LogP contribution in [-0.4, -0.2) is 24.0 Å². The molecule has 0 aliphatic carbocycles. The molecule has 2 aliphatic rings. The molecule has 3 atom stereocenters. The molecule has 2 fully saturated rings. The molecule has 110 valence electrons. The van der Waals surface area contributed by atoms with E-state index in [9.17, 15) is 4.79 Å². The molecular formula is C16H23ClN2O. The van der Waals surface area contributed by atoms with Crippen LogP contribution >= 0.6 is 12.4 Å². The van der Waals surface area contributed by atoms with Gasteiger partial charge in [-0.05, 0) is 44.2 Å². The van der Waals surface area contributed by atoms with E-state index in [4.69, 9.17) is 0 Å². The second-order valence-corrected chi connectivity index (χ2v) is 6.06. The van der Waals surface area contributed by atoms with E-state index in [1.807, 2.05) is 0 Å². The molecule has 3 rings (SSSR count). The van der Waals surface area contributed by atoms with Crippen molar-refractivity contribution in [2.45, 2.75) is 57.7 Å². The zero-order valence-electron chi connectivity index (χ0n) is 12.1. The van der Waals surface area contributed by atoms with Crippen LogP contribution in [0.25, 0.3) is 0 Å². The standard InChI is InChI=1S/C16H22N2O.ClH/c1-10-3-4-11(2)12(7-10)8-16(19)18-15-9-13-5-6-14(15)17-13;/h3-4,7,13-15,17H,5-6,8-9H2,1-2H3,(H,18,19);1H/t13-,14+,15+;/m1./s1. The molecule has 1 aromatic carbocycles. The van der Waals surface area contributed by atoms with Gasteiger partial charge in [-0.25, -0.2) is 0 Å². The van der Waals surface area contributed by atoms with Crippen molar-refractivity contribution in [3.05, 3.63) is 34.9 Å². The van der Waals surface area contributed by atoms with Crippen molar-refractivity contribution in [3.63, 3.8) is 0 Å². The Balaban J connectivity index is 0.00000147. The maximum Gasteiger partial charge on any atom is 0.224 e. The van der Waals surface area contributed by atoms with Gasteiger partial charge in [-0.1, -0.05) is 23.8 Å². The molecule has 0 aromatic heterocycles. The third-order valence-corrected chi connectivity index (χ3v) is 4.50. The van der Waals surface area contributed by atoms with Gasteiger partial charge in [0.05, 0.1) is 6.42 Å². The molecule has 1 amide bonds. The van der Waals surface area contributed by atoms with E-state index >= 15 is 0 Å². The molecule has 0 spiro atoms. The van der Waals surface area contributed by atoms with Crippen LogP contribution in [0.15, 0.2) is 18.2 Å². The molecule has 2 saturated heterocycles. The Kier molecular flexibility index (Phi) is 4.71. The minimum atomic E-state index is 0. The number of hydrogen-bond acceptors (Lipinski definition) is 2. The molecule has 1 aromatic rings. The van der Waals surface area contributed by atoms with Gasteiger partial charge in [-0.2, -0.15) is 0 Å². The van der Waals surface area contributed by atoms with Gasteiger partial charge in [0.15, 0.2) is 0 Å². The van der Waals surface area contributed by atoms with Gasteiger partial charge in [0.1, 0.15) is 0 Å². The number of carbonyl (C=O) groups excluding carboxylic acids is 1. The van der Waals surface area contributed by atoms with E-state index in [0.717, 1.165) is 12.0 Å². The first-order chi connectivity index (χ1) is 9.11. The largest absolute Gasteiger partial charge is 0.351 e. The molecule has 3 nitrogen and oxygen atoms in total. The lowest BCUT2D eigenvalue weighted by atomic mass is 9.95. The highest BCUT2D eigenvalue weighted by atomic mass is 35.5. The Bertz CT molecular complexity index is 503. The summed E-state index contributed by atoms with van der Waals surface area (Å²) < 4.78 is 0. The van der Waals surface area contributed by atoms with Crippen molar-refractivity contribution in [1.82, 2.24) is 10.6 Å². The molecule has 0 unspecified atom stereocenters. The number of halogens is 1. The predicted octanol–water partition coefficient (Wildman–Crippen LogP) is 2.28. The highest BCUT2D eigenvalue weighted by molar-refractivity contribution is 5.85. The molecule has 0 radical (unpaired) electrons. The number of carbonyl (C=O) groups is 1. The van der Waals surface area contributed by atoms with Crippen LogP contribution in [-0.2, 0) is 11.2 Å². The summed E-state index contributed by atoms with van der Waals surface area (Å²) in [6.07, 6.45) is 4.08. The maximum atomic E-state index is 12.2. The summed E-state index contributed by atoms with van der Waals surface area (Å²) in [4.78, 5) is 12.2. The van der Waals surface area contributed by atoms with Crippen molar-refractivity contribution in [2.24, 2.45) is 0 Å². The van der Waals surface area contributed by atoms with Crippen molar-refractivity contribution < 1.29 is 4.79 Å². The average Bonchev–Trinajstić information content (AvgIpc) is 2.96. The van der Waals surface area contributed by atoms with Crippen LogP contribution in [0.5, 0.6) is 0 Å². The number of amides is 1. The van der Waals surface area contributed by atoms with E-state index < -0.39 is 0 Å². The lowest BCUT2D eigenvalue weighted by molar-refractivity contribution is -0.121. The van der Waals surface area contributed by atoms with Gasteiger partial charge in [0.25, 0.3) is 0 Å². The van der Waals surface area contributed by atoms with Crippen molar-refractivity contribution in [3.8, 4) is 0 Å². The van der Waals surface area contributed by atoms with E-state index in [-0.39, 0.29) is 18.3 Å². The lowest BCUT2D eigenvalue weighted by Gasteiger charge is -2.21. The fraction of sp³-hybridized carbons (Fsp3) is 0.562. The molecule has 2 bridgehead atoms. The van der Waals surface area contributed by atoms with Crippen molar-refractivity contribution >= 4 is 18.3 Å². The van der Waals surface area contributed by atoms with Crippen LogP contribution < -0.4 is 10.6 Å². The molecule has 20 heavy (non-hydrogen) atoms. The smallest absolute Gasteiger partial charge is 0.224 e. The minimum absolute atomic E-state index is 0. The SMILES string of the molecule is Cc1ccc(C)c(CC(=O)N[C@H]2C[C@H]3CC[C@@H]2N3)c1.Cl. The highest BCUT2D eigenvalue weighted by Crippen LogP contribution is 2.28. The zero-order chi connectivity index (χ0) is 13.4. The van der Waals surface area contributed by atoms with Gasteiger partial charge >= 0.3 is 0 Å². The van der Waals surface area contributed by atoms with Gasteiger partial charge in [0.2, 0.25) is 5.91 Å². The average molecular weight is 295 g/mol. The Morgan fingerprint density at radius 3 is 2.80 bits per heavy atom. The summed E-state index contributed by atoms with van der Waals surface area (Å²) in [7, 11) is 0. The maximum absolute atomic E-state index is 12.2. The topological polar surface area (TPSA) is 41.1 Å². The third-order valence-electron chi connectivity index (χ3n) is 4.50. The fourth-order valence-corrected chi connectivity index (χ4v) is 3.41. The zero-order valence-corrected chi connectivity index (χ0v) is 12.9. The molecule has 2 aliphatic heterocycles. The van der Waals surface area contributed by atoms with Crippen LogP contribution in [0.4, 0.5) is 0 Å². The highest BCUT2D eigenvalue weighted by Gasteiger charge is 2.39. The van der Waals surface area contributed by atoms with Crippen molar-refractivity contribution in [1.29, 1.82) is 0 Å². The summed E-state index contributed by atoms with van der Waals surface area (Å²) in [5, 5.41) is 6.76. The Morgan fingerprint density at radius 2 is 2.15 bits per heavy atom. The number of fused-ring (bicyclic) bond motifs is 2. The van der Waals surface area contributed by atoms with Gasteiger partial charge in [-0.3, -0.25) is 4.79 Å². The summed E-state index contributed by atoms with van der Waals surface area (Å²) in [5.41, 5.74) is 3.57. The Hall–Kier alpha value is -1.06. The lowest BCUT2D eigenvalue weighted by Crippen LogP contribution is -2.43. The number of aryl methyl sites for hydroxylation is 2. The monoisotopic (exact) mass is 294 g/mol. The van der Waals surface area contributed by atoms with Gasteiger partial charge in [-0.15, -0.1) is 12.4 Å². The van der Waals surface area contributed by atoms with E-state index in [2.05, 4.69) is 42.7 Å². The van der Waals surface area contributed by atoms with E-state index in [1.54, 1.807) is 0 Å². The number of rotatable bonds is 3. The first kappa shape index (κ1) is 15.3. The van der Waals surface area contributed by atoms with E-state index in [0.29, 0.717) is 24.5 Å². The molecule has 2 N–H and O–H groups in total. The predicted molar refractivity (Wildman–Crippen MR) is 83.4 cm³/mol. The number of benzene rings is 1.